The minimum absolute atomic E-state index is 0.00608. The van der Waals surface area contributed by atoms with E-state index in [0.717, 1.165) is 32.5 Å². The first-order chi connectivity index (χ1) is 12.8. The van der Waals surface area contributed by atoms with Crippen LogP contribution >= 0.6 is 11.3 Å². The summed E-state index contributed by atoms with van der Waals surface area (Å²) in [5.74, 6) is 0. The van der Waals surface area contributed by atoms with Crippen molar-refractivity contribution in [2.45, 2.75) is 70.1 Å². The topological polar surface area (TPSA) is 50.8 Å². The molecule has 1 aliphatic carbocycles. The molecule has 2 fully saturated rings. The predicted molar refractivity (Wildman–Crippen MR) is 105 cm³/mol. The molecule has 1 saturated heterocycles. The van der Waals surface area contributed by atoms with Crippen LogP contribution < -0.4 is 5.32 Å². The maximum absolute atomic E-state index is 12.6. The van der Waals surface area contributed by atoms with E-state index in [4.69, 9.17) is 9.47 Å². The van der Waals surface area contributed by atoms with Crippen LogP contribution in [0.4, 0.5) is 4.79 Å². The molecule has 1 aromatic heterocycles. The summed E-state index contributed by atoms with van der Waals surface area (Å²) in [6.07, 6.45) is 9.95. The average Bonchev–Trinajstić information content (AvgIpc) is 3.36. The summed E-state index contributed by atoms with van der Waals surface area (Å²) in [6.45, 7) is 3.54. The molecule has 2 aliphatic rings. The highest BCUT2D eigenvalue weighted by Crippen LogP contribution is 2.20. The average molecular weight is 381 g/mol. The highest BCUT2D eigenvalue weighted by molar-refractivity contribution is 7.09. The van der Waals surface area contributed by atoms with Crippen LogP contribution in [0.3, 0.4) is 0 Å². The summed E-state index contributed by atoms with van der Waals surface area (Å²) < 4.78 is 11.7. The molecule has 1 atom stereocenters. The van der Waals surface area contributed by atoms with E-state index < -0.39 is 0 Å². The standard InChI is InChI=1S/C20H32N2O3S/c23-20(21-11-6-13-24-17-7-2-1-3-8-17)22(15-18-9-4-12-25-18)16-19-10-5-14-26-19/h5,10,14,17-18H,1-4,6-9,11-13,15-16H2,(H,21,23). The van der Waals surface area contributed by atoms with E-state index in [-0.39, 0.29) is 12.1 Å². The third-order valence-corrected chi connectivity index (χ3v) is 6.03. The Morgan fingerprint density at radius 1 is 1.27 bits per heavy atom. The second-order valence-corrected chi connectivity index (χ2v) is 8.34. The van der Waals surface area contributed by atoms with Gasteiger partial charge in [-0.2, -0.15) is 0 Å². The molecule has 26 heavy (non-hydrogen) atoms. The van der Waals surface area contributed by atoms with E-state index in [2.05, 4.69) is 16.8 Å². The van der Waals surface area contributed by atoms with Gasteiger partial charge in [-0.1, -0.05) is 25.3 Å². The Kier molecular flexibility index (Phi) is 8.24. The molecule has 5 nitrogen and oxygen atoms in total. The number of carbonyl (C=O) groups is 1. The van der Waals surface area contributed by atoms with E-state index in [0.29, 0.717) is 25.7 Å². The molecule has 0 bridgehead atoms. The molecule has 1 unspecified atom stereocenters. The first-order valence-electron chi connectivity index (χ1n) is 10.1. The van der Waals surface area contributed by atoms with Crippen LogP contribution in [-0.4, -0.2) is 49.4 Å². The van der Waals surface area contributed by atoms with Gasteiger partial charge in [-0.15, -0.1) is 11.3 Å². The first kappa shape index (κ1) is 19.6. The Morgan fingerprint density at radius 3 is 2.88 bits per heavy atom. The van der Waals surface area contributed by atoms with Gasteiger partial charge in [-0.25, -0.2) is 4.79 Å². The maximum atomic E-state index is 12.6. The summed E-state index contributed by atoms with van der Waals surface area (Å²) in [4.78, 5) is 15.7. The third kappa shape index (κ3) is 6.56. The summed E-state index contributed by atoms with van der Waals surface area (Å²) in [7, 11) is 0. The number of carbonyl (C=O) groups excluding carboxylic acids is 1. The van der Waals surface area contributed by atoms with Gasteiger partial charge in [0.15, 0.2) is 0 Å². The molecular formula is C20H32N2O3S. The normalized spacial score (nSPS) is 21.0. The number of nitrogens with zero attached hydrogens (tertiary/aromatic N) is 1. The van der Waals surface area contributed by atoms with Gasteiger partial charge in [-0.3, -0.25) is 0 Å². The van der Waals surface area contributed by atoms with Crippen LogP contribution in [0.25, 0.3) is 0 Å². The molecule has 0 spiro atoms. The molecule has 6 heteroatoms. The van der Waals surface area contributed by atoms with Gasteiger partial charge in [0.1, 0.15) is 0 Å². The van der Waals surface area contributed by atoms with Crippen molar-refractivity contribution in [3.05, 3.63) is 22.4 Å². The van der Waals surface area contributed by atoms with Crippen molar-refractivity contribution in [3.63, 3.8) is 0 Å². The molecule has 0 radical (unpaired) electrons. The Labute approximate surface area is 161 Å². The van der Waals surface area contributed by atoms with Crippen LogP contribution in [0.2, 0.25) is 0 Å². The lowest BCUT2D eigenvalue weighted by Gasteiger charge is -2.25. The van der Waals surface area contributed by atoms with E-state index in [1.54, 1.807) is 11.3 Å². The number of rotatable bonds is 9. The van der Waals surface area contributed by atoms with Crippen LogP contribution in [0.15, 0.2) is 17.5 Å². The fourth-order valence-corrected chi connectivity index (χ4v) is 4.42. The van der Waals surface area contributed by atoms with Crippen LogP contribution in [0.5, 0.6) is 0 Å². The molecule has 2 heterocycles. The van der Waals surface area contributed by atoms with Gasteiger partial charge in [0.25, 0.3) is 0 Å². The van der Waals surface area contributed by atoms with E-state index in [1.807, 2.05) is 11.0 Å². The Balaban J connectivity index is 1.37. The molecule has 2 amide bonds. The zero-order valence-corrected chi connectivity index (χ0v) is 16.5. The minimum Gasteiger partial charge on any atom is -0.378 e. The van der Waals surface area contributed by atoms with Crippen LogP contribution in [0, 0.1) is 0 Å². The number of nitrogens with one attached hydrogen (secondary N) is 1. The molecular weight excluding hydrogens is 348 g/mol. The number of hydrogen-bond acceptors (Lipinski definition) is 4. The summed E-state index contributed by atoms with van der Waals surface area (Å²) in [6, 6.07) is 4.12. The monoisotopic (exact) mass is 380 g/mol. The molecule has 1 aromatic rings. The van der Waals surface area contributed by atoms with Crippen molar-refractivity contribution in [1.82, 2.24) is 10.2 Å². The lowest BCUT2D eigenvalue weighted by atomic mass is 9.98. The largest absolute Gasteiger partial charge is 0.378 e. The maximum Gasteiger partial charge on any atom is 0.317 e. The van der Waals surface area contributed by atoms with Gasteiger partial charge < -0.3 is 19.7 Å². The van der Waals surface area contributed by atoms with Gasteiger partial charge in [0, 0.05) is 31.2 Å². The second kappa shape index (κ2) is 10.9. The van der Waals surface area contributed by atoms with Crippen molar-refractivity contribution in [2.75, 3.05) is 26.3 Å². The van der Waals surface area contributed by atoms with Gasteiger partial charge >= 0.3 is 6.03 Å². The SMILES string of the molecule is O=C(NCCCOC1CCCCC1)N(Cc1cccs1)CC1CCCO1. The molecule has 3 rings (SSSR count). The van der Waals surface area contributed by atoms with Crippen LogP contribution in [-0.2, 0) is 16.0 Å². The van der Waals surface area contributed by atoms with Crippen LogP contribution in [0.1, 0.15) is 56.2 Å². The molecule has 1 aliphatic heterocycles. The lowest BCUT2D eigenvalue weighted by Crippen LogP contribution is -2.43. The molecule has 146 valence electrons. The van der Waals surface area contributed by atoms with Crippen molar-refractivity contribution >= 4 is 17.4 Å². The fraction of sp³-hybridized carbons (Fsp3) is 0.750. The van der Waals surface area contributed by atoms with Crippen molar-refractivity contribution in [1.29, 1.82) is 0 Å². The van der Waals surface area contributed by atoms with Crippen molar-refractivity contribution in [2.24, 2.45) is 0 Å². The number of urea groups is 1. The molecule has 1 N–H and O–H groups in total. The molecule has 0 aromatic carbocycles. The zero-order valence-electron chi connectivity index (χ0n) is 15.7. The highest BCUT2D eigenvalue weighted by atomic mass is 32.1. The Hall–Kier alpha value is -1.11. The van der Waals surface area contributed by atoms with E-state index >= 15 is 0 Å². The van der Waals surface area contributed by atoms with Gasteiger partial charge in [-0.05, 0) is 43.6 Å². The number of amides is 2. The van der Waals surface area contributed by atoms with Crippen molar-refractivity contribution in [3.8, 4) is 0 Å². The predicted octanol–water partition coefficient (Wildman–Crippen LogP) is 4.18. The first-order valence-corrected chi connectivity index (χ1v) is 11.0. The Bertz CT molecular complexity index is 511. The number of ether oxygens (including phenoxy) is 2. The fourth-order valence-electron chi connectivity index (χ4n) is 3.71. The minimum atomic E-state index is 0.00608. The third-order valence-electron chi connectivity index (χ3n) is 5.17. The summed E-state index contributed by atoms with van der Waals surface area (Å²) >= 11 is 1.69. The van der Waals surface area contributed by atoms with Crippen molar-refractivity contribution < 1.29 is 14.3 Å². The molecule has 1 saturated carbocycles. The van der Waals surface area contributed by atoms with Gasteiger partial charge in [0.05, 0.1) is 18.8 Å². The van der Waals surface area contributed by atoms with Gasteiger partial charge in [0.2, 0.25) is 0 Å². The number of hydrogen-bond donors (Lipinski definition) is 1. The summed E-state index contributed by atoms with van der Waals surface area (Å²) in [5.41, 5.74) is 0. The quantitative estimate of drug-likeness (QED) is 0.654. The van der Waals surface area contributed by atoms with E-state index in [1.165, 1.54) is 37.0 Å². The second-order valence-electron chi connectivity index (χ2n) is 7.31. The highest BCUT2D eigenvalue weighted by Gasteiger charge is 2.23. The lowest BCUT2D eigenvalue weighted by molar-refractivity contribution is 0.0273. The zero-order chi connectivity index (χ0) is 18.0. The number of thiophene rings is 1. The van der Waals surface area contributed by atoms with E-state index in [9.17, 15) is 4.79 Å². The summed E-state index contributed by atoms with van der Waals surface area (Å²) in [5, 5.41) is 5.12. The Morgan fingerprint density at radius 2 is 2.15 bits per heavy atom. The smallest absolute Gasteiger partial charge is 0.317 e.